The predicted molar refractivity (Wildman–Crippen MR) is 73.5 cm³/mol. The summed E-state index contributed by atoms with van der Waals surface area (Å²) in [5, 5.41) is 7.94. The average Bonchev–Trinajstić information content (AvgIpc) is 2.96. The zero-order chi connectivity index (χ0) is 11.4. The van der Waals surface area contributed by atoms with Crippen LogP contribution in [0.2, 0.25) is 0 Å². The molecule has 0 spiro atoms. The molecule has 0 saturated carbocycles. The van der Waals surface area contributed by atoms with E-state index in [1.807, 2.05) is 22.7 Å². The molecule has 0 aliphatic heterocycles. The van der Waals surface area contributed by atoms with E-state index in [1.165, 1.54) is 15.3 Å². The first-order valence-corrected chi connectivity index (χ1v) is 7.45. The Morgan fingerprint density at radius 3 is 2.69 bits per heavy atom. The Morgan fingerprint density at radius 2 is 2.06 bits per heavy atom. The summed E-state index contributed by atoms with van der Waals surface area (Å²) in [4.78, 5) is 2.89. The van der Waals surface area contributed by atoms with Crippen LogP contribution in [0.15, 0.2) is 29.0 Å². The molecule has 2 aromatic heterocycles. The van der Waals surface area contributed by atoms with Gasteiger partial charge in [-0.2, -0.15) is 0 Å². The van der Waals surface area contributed by atoms with Gasteiger partial charge in [0, 0.05) is 9.75 Å². The van der Waals surface area contributed by atoms with Crippen LogP contribution >= 0.6 is 22.7 Å². The second-order valence-corrected chi connectivity index (χ2v) is 5.60. The molecule has 0 aliphatic carbocycles. The molecule has 0 radical (unpaired) electrons. The van der Waals surface area contributed by atoms with Gasteiger partial charge < -0.3 is 5.32 Å². The zero-order valence-electron chi connectivity index (χ0n) is 9.69. The number of aryl methyl sites for hydroxylation is 1. The Kier molecular flexibility index (Phi) is 4.16. The molecule has 0 fully saturated rings. The largest absolute Gasteiger partial charge is 0.305 e. The van der Waals surface area contributed by atoms with Crippen molar-refractivity contribution in [3.63, 3.8) is 0 Å². The first-order chi connectivity index (χ1) is 7.86. The van der Waals surface area contributed by atoms with Crippen LogP contribution in [0.3, 0.4) is 0 Å². The van der Waals surface area contributed by atoms with Gasteiger partial charge in [0.25, 0.3) is 0 Å². The quantitative estimate of drug-likeness (QED) is 0.844. The molecule has 0 aromatic carbocycles. The van der Waals surface area contributed by atoms with Crippen LogP contribution in [0.1, 0.15) is 35.2 Å². The second kappa shape index (κ2) is 5.62. The number of hydrogen-bond acceptors (Lipinski definition) is 3. The molecule has 0 saturated heterocycles. The maximum absolute atomic E-state index is 3.58. The normalized spacial score (nSPS) is 12.9. The lowest BCUT2D eigenvalue weighted by molar-refractivity contribution is 0.644. The molecule has 2 rings (SSSR count). The van der Waals surface area contributed by atoms with Crippen LogP contribution in [0.25, 0.3) is 0 Å². The molecular weight excluding hydrogens is 234 g/mol. The second-order valence-electron chi connectivity index (χ2n) is 3.67. The highest BCUT2D eigenvalue weighted by Crippen LogP contribution is 2.32. The Labute approximate surface area is 105 Å². The highest BCUT2D eigenvalue weighted by molar-refractivity contribution is 7.11. The Bertz CT molecular complexity index is 417. The number of nitrogens with one attached hydrogen (secondary N) is 1. The Hall–Kier alpha value is -0.640. The van der Waals surface area contributed by atoms with Gasteiger partial charge in [-0.1, -0.05) is 19.9 Å². The maximum Gasteiger partial charge on any atom is 0.0767 e. The molecule has 1 unspecified atom stereocenters. The molecule has 0 amide bonds. The van der Waals surface area contributed by atoms with Gasteiger partial charge >= 0.3 is 0 Å². The minimum Gasteiger partial charge on any atom is -0.305 e. The van der Waals surface area contributed by atoms with E-state index in [9.17, 15) is 0 Å². The van der Waals surface area contributed by atoms with Gasteiger partial charge in [-0.05, 0) is 41.4 Å². The fourth-order valence-corrected chi connectivity index (χ4v) is 3.85. The van der Waals surface area contributed by atoms with Crippen molar-refractivity contribution in [1.82, 2.24) is 5.32 Å². The topological polar surface area (TPSA) is 12.0 Å². The number of hydrogen-bond donors (Lipinski definition) is 1. The van der Waals surface area contributed by atoms with Gasteiger partial charge in [0.2, 0.25) is 0 Å². The summed E-state index contributed by atoms with van der Waals surface area (Å²) in [7, 11) is 0. The van der Waals surface area contributed by atoms with Crippen LogP contribution < -0.4 is 5.32 Å². The molecule has 0 aliphatic rings. The van der Waals surface area contributed by atoms with E-state index < -0.39 is 0 Å². The molecule has 86 valence electrons. The molecule has 0 bridgehead atoms. The van der Waals surface area contributed by atoms with Crippen LogP contribution in [0.5, 0.6) is 0 Å². The fraction of sp³-hybridized carbons (Fsp3) is 0.385. The minimum atomic E-state index is 0.389. The van der Waals surface area contributed by atoms with E-state index in [0.29, 0.717) is 6.04 Å². The lowest BCUT2D eigenvalue weighted by Gasteiger charge is -2.16. The summed E-state index contributed by atoms with van der Waals surface area (Å²) in [5.41, 5.74) is 1.48. The predicted octanol–water partition coefficient (Wildman–Crippen LogP) is 4.07. The average molecular weight is 251 g/mol. The van der Waals surface area contributed by atoms with Crippen molar-refractivity contribution in [1.29, 1.82) is 0 Å². The van der Waals surface area contributed by atoms with Crippen molar-refractivity contribution in [2.24, 2.45) is 0 Å². The van der Waals surface area contributed by atoms with Gasteiger partial charge in [0.1, 0.15) is 0 Å². The highest BCUT2D eigenvalue weighted by Gasteiger charge is 2.17. The van der Waals surface area contributed by atoms with E-state index in [-0.39, 0.29) is 0 Å². The summed E-state index contributed by atoms with van der Waals surface area (Å²) in [5.74, 6) is 0. The van der Waals surface area contributed by atoms with Crippen LogP contribution in [-0.2, 0) is 6.42 Å². The first-order valence-electron chi connectivity index (χ1n) is 5.69. The van der Waals surface area contributed by atoms with Crippen molar-refractivity contribution >= 4 is 22.7 Å². The lowest BCUT2D eigenvalue weighted by atomic mass is 10.1. The van der Waals surface area contributed by atoms with Gasteiger partial charge in [-0.15, -0.1) is 22.7 Å². The third-order valence-corrected chi connectivity index (χ3v) is 4.62. The molecule has 2 aromatic rings. The Morgan fingerprint density at radius 1 is 1.19 bits per heavy atom. The number of rotatable bonds is 5. The van der Waals surface area contributed by atoms with Crippen molar-refractivity contribution in [3.05, 3.63) is 44.3 Å². The fourth-order valence-electron chi connectivity index (χ4n) is 1.87. The van der Waals surface area contributed by atoms with E-state index in [4.69, 9.17) is 0 Å². The van der Waals surface area contributed by atoms with Gasteiger partial charge in [-0.25, -0.2) is 0 Å². The van der Waals surface area contributed by atoms with Crippen molar-refractivity contribution in [2.75, 3.05) is 6.54 Å². The molecular formula is C13H17NS2. The van der Waals surface area contributed by atoms with Gasteiger partial charge in [0.05, 0.1) is 6.04 Å². The van der Waals surface area contributed by atoms with Crippen LogP contribution in [0.4, 0.5) is 0 Å². The van der Waals surface area contributed by atoms with Crippen LogP contribution in [-0.4, -0.2) is 6.54 Å². The monoisotopic (exact) mass is 251 g/mol. The van der Waals surface area contributed by atoms with E-state index in [0.717, 1.165) is 13.0 Å². The zero-order valence-corrected chi connectivity index (χ0v) is 11.3. The Balaban J connectivity index is 2.33. The maximum atomic E-state index is 3.58. The number of thiophene rings is 2. The summed E-state index contributed by atoms with van der Waals surface area (Å²) in [6, 6.07) is 6.98. The first kappa shape index (κ1) is 11.8. The molecule has 1 N–H and O–H groups in total. The van der Waals surface area contributed by atoms with Crippen LogP contribution in [0, 0.1) is 0 Å². The van der Waals surface area contributed by atoms with Crippen molar-refractivity contribution in [2.45, 2.75) is 26.3 Å². The van der Waals surface area contributed by atoms with E-state index in [2.05, 4.69) is 48.1 Å². The summed E-state index contributed by atoms with van der Waals surface area (Å²) < 4.78 is 0. The third-order valence-electron chi connectivity index (χ3n) is 2.66. The van der Waals surface area contributed by atoms with Crippen molar-refractivity contribution < 1.29 is 0 Å². The van der Waals surface area contributed by atoms with Gasteiger partial charge in [-0.3, -0.25) is 0 Å². The van der Waals surface area contributed by atoms with Gasteiger partial charge in [0.15, 0.2) is 0 Å². The summed E-state index contributed by atoms with van der Waals surface area (Å²) in [6.45, 7) is 5.40. The standard InChI is InChI=1S/C13H17NS2/c1-3-10-7-9-16-13(10)12(14-4-2)11-6-5-8-15-11/h5-9,12,14H,3-4H2,1-2H3. The molecule has 1 atom stereocenters. The summed E-state index contributed by atoms with van der Waals surface area (Å²) in [6.07, 6.45) is 1.12. The van der Waals surface area contributed by atoms with E-state index in [1.54, 1.807) is 0 Å². The SMILES string of the molecule is CCNC(c1cccs1)c1sccc1CC. The van der Waals surface area contributed by atoms with E-state index >= 15 is 0 Å². The van der Waals surface area contributed by atoms with Crippen molar-refractivity contribution in [3.8, 4) is 0 Å². The molecule has 3 heteroatoms. The third kappa shape index (κ3) is 2.37. The lowest BCUT2D eigenvalue weighted by Crippen LogP contribution is -2.21. The smallest absolute Gasteiger partial charge is 0.0767 e. The summed E-state index contributed by atoms with van der Waals surface area (Å²) >= 11 is 3.70. The highest BCUT2D eigenvalue weighted by atomic mass is 32.1. The molecule has 16 heavy (non-hydrogen) atoms. The molecule has 1 nitrogen and oxygen atoms in total. The minimum absolute atomic E-state index is 0.389. The molecule has 2 heterocycles.